The summed E-state index contributed by atoms with van der Waals surface area (Å²) >= 11 is 0. The normalized spacial score (nSPS) is 10.9. The average molecular weight is 408 g/mol. The molecule has 0 atom stereocenters. The number of amides is 2. The van der Waals surface area contributed by atoms with Crippen LogP contribution in [0.3, 0.4) is 0 Å². The van der Waals surface area contributed by atoms with Crippen LogP contribution >= 0.6 is 0 Å². The van der Waals surface area contributed by atoms with Crippen LogP contribution in [0.15, 0.2) is 41.2 Å². The number of anilines is 2. The van der Waals surface area contributed by atoms with Crippen LogP contribution in [0.4, 0.5) is 15.8 Å². The number of nitrogens with zero attached hydrogens (tertiary/aromatic N) is 4. The molecule has 3 aromatic heterocycles. The minimum absolute atomic E-state index is 0.0980. The number of nitrogens with one attached hydrogen (secondary N) is 2. The molecular weight excluding hydrogens is 391 g/mol. The number of carbonyl (C=O) groups is 2. The van der Waals surface area contributed by atoms with Gasteiger partial charge in [-0.25, -0.2) is 19.3 Å². The molecule has 10 heteroatoms. The lowest BCUT2D eigenvalue weighted by Crippen LogP contribution is -2.12. The Kier molecular flexibility index (Phi) is 4.74. The molecule has 2 amide bonds. The molecule has 0 saturated heterocycles. The van der Waals surface area contributed by atoms with Crippen LogP contribution < -0.4 is 10.6 Å². The van der Waals surface area contributed by atoms with E-state index < -0.39 is 11.7 Å². The lowest BCUT2D eigenvalue weighted by molar-refractivity contribution is -0.114. The SMILES string of the molecule is CC(=O)Nc1cnc2nc(-c3cc(NC(=O)c4oc(C)nc4C)ccc3F)cn2c1. The van der Waals surface area contributed by atoms with E-state index in [4.69, 9.17) is 4.42 Å². The summed E-state index contributed by atoms with van der Waals surface area (Å²) in [5.41, 5.74) is 1.83. The molecule has 0 radical (unpaired) electrons. The van der Waals surface area contributed by atoms with Crippen molar-refractivity contribution >= 4 is 29.0 Å². The third-order valence-electron chi connectivity index (χ3n) is 4.24. The Labute approximate surface area is 170 Å². The number of imidazole rings is 1. The number of hydrogen-bond acceptors (Lipinski definition) is 6. The van der Waals surface area contributed by atoms with Gasteiger partial charge in [-0.05, 0) is 25.1 Å². The van der Waals surface area contributed by atoms with Gasteiger partial charge in [-0.3, -0.25) is 14.0 Å². The van der Waals surface area contributed by atoms with Crippen LogP contribution in [-0.2, 0) is 4.79 Å². The average Bonchev–Trinajstić information content (AvgIpc) is 3.24. The quantitative estimate of drug-likeness (QED) is 0.535. The second-order valence-electron chi connectivity index (χ2n) is 6.65. The Bertz CT molecular complexity index is 1290. The van der Waals surface area contributed by atoms with Crippen LogP contribution in [0.5, 0.6) is 0 Å². The molecule has 0 spiro atoms. The van der Waals surface area contributed by atoms with Crippen LogP contribution in [0.25, 0.3) is 17.0 Å². The van der Waals surface area contributed by atoms with Crippen molar-refractivity contribution in [2.45, 2.75) is 20.8 Å². The van der Waals surface area contributed by atoms with Gasteiger partial charge in [0.2, 0.25) is 17.4 Å². The summed E-state index contributed by atoms with van der Waals surface area (Å²) in [4.78, 5) is 36.2. The first-order chi connectivity index (χ1) is 14.3. The van der Waals surface area contributed by atoms with E-state index in [2.05, 4.69) is 25.6 Å². The minimum Gasteiger partial charge on any atom is -0.436 e. The van der Waals surface area contributed by atoms with Gasteiger partial charge in [0.25, 0.3) is 5.91 Å². The largest absolute Gasteiger partial charge is 0.436 e. The van der Waals surface area contributed by atoms with E-state index >= 15 is 0 Å². The number of aryl methyl sites for hydroxylation is 2. The van der Waals surface area contributed by atoms with Crippen molar-refractivity contribution in [3.05, 3.63) is 60.0 Å². The summed E-state index contributed by atoms with van der Waals surface area (Å²) in [6, 6.07) is 4.16. The molecule has 152 valence electrons. The molecule has 1 aromatic carbocycles. The number of halogens is 1. The van der Waals surface area contributed by atoms with Gasteiger partial charge in [0.05, 0.1) is 23.3 Å². The maximum Gasteiger partial charge on any atom is 0.293 e. The molecule has 9 nitrogen and oxygen atoms in total. The fraction of sp³-hybridized carbons (Fsp3) is 0.150. The van der Waals surface area contributed by atoms with Gasteiger partial charge >= 0.3 is 0 Å². The van der Waals surface area contributed by atoms with Gasteiger partial charge in [0, 0.05) is 37.5 Å². The van der Waals surface area contributed by atoms with Crippen molar-refractivity contribution in [3.63, 3.8) is 0 Å². The summed E-state index contributed by atoms with van der Waals surface area (Å²) in [6.45, 7) is 4.70. The fourth-order valence-electron chi connectivity index (χ4n) is 3.01. The molecule has 0 saturated carbocycles. The third-order valence-corrected chi connectivity index (χ3v) is 4.24. The third kappa shape index (κ3) is 3.75. The lowest BCUT2D eigenvalue weighted by Gasteiger charge is -2.06. The van der Waals surface area contributed by atoms with E-state index in [-0.39, 0.29) is 17.2 Å². The first-order valence-electron chi connectivity index (χ1n) is 8.98. The number of fused-ring (bicyclic) bond motifs is 1. The fourth-order valence-corrected chi connectivity index (χ4v) is 3.01. The van der Waals surface area contributed by atoms with Crippen molar-refractivity contribution in [3.8, 4) is 11.3 Å². The maximum absolute atomic E-state index is 14.5. The standard InChI is InChI=1S/C20H17FN6O3/c1-10-18(30-12(3)23-10)19(29)25-13-4-5-16(21)15(6-13)17-9-27-8-14(24-11(2)28)7-22-20(27)26-17/h4-9H,1-3H3,(H,24,28)(H,25,29). The molecule has 4 aromatic rings. The van der Waals surface area contributed by atoms with Crippen molar-refractivity contribution in [2.75, 3.05) is 10.6 Å². The van der Waals surface area contributed by atoms with E-state index in [1.807, 2.05) is 0 Å². The van der Waals surface area contributed by atoms with Crippen molar-refractivity contribution in [1.29, 1.82) is 0 Å². The van der Waals surface area contributed by atoms with Gasteiger partial charge in [-0.15, -0.1) is 0 Å². The molecule has 0 aliphatic carbocycles. The highest BCUT2D eigenvalue weighted by atomic mass is 19.1. The number of rotatable bonds is 4. The highest BCUT2D eigenvalue weighted by Crippen LogP contribution is 2.26. The monoisotopic (exact) mass is 408 g/mol. The Hall–Kier alpha value is -4.08. The first kappa shape index (κ1) is 19.2. The van der Waals surface area contributed by atoms with Gasteiger partial charge in [-0.2, -0.15) is 0 Å². The summed E-state index contributed by atoms with van der Waals surface area (Å²) in [5, 5.41) is 5.30. The van der Waals surface area contributed by atoms with Gasteiger partial charge in [0.1, 0.15) is 5.82 Å². The molecule has 0 bridgehead atoms. The van der Waals surface area contributed by atoms with Crippen molar-refractivity contribution in [1.82, 2.24) is 19.4 Å². The summed E-state index contributed by atoms with van der Waals surface area (Å²) in [5.74, 6) is -0.412. The molecule has 0 unspecified atom stereocenters. The van der Waals surface area contributed by atoms with E-state index in [1.54, 1.807) is 30.6 Å². The molecular formula is C20H17FN6O3. The van der Waals surface area contributed by atoms with Crippen molar-refractivity contribution in [2.24, 2.45) is 0 Å². The molecule has 2 N–H and O–H groups in total. The molecule has 0 aliphatic rings. The topological polar surface area (TPSA) is 114 Å². The van der Waals surface area contributed by atoms with Crippen molar-refractivity contribution < 1.29 is 18.4 Å². The molecule has 0 aliphatic heterocycles. The highest BCUT2D eigenvalue weighted by molar-refractivity contribution is 6.03. The summed E-state index contributed by atoms with van der Waals surface area (Å²) < 4.78 is 21.4. The predicted molar refractivity (Wildman–Crippen MR) is 107 cm³/mol. The summed E-state index contributed by atoms with van der Waals surface area (Å²) in [6.07, 6.45) is 4.67. The van der Waals surface area contributed by atoms with Gasteiger partial charge in [-0.1, -0.05) is 0 Å². The highest BCUT2D eigenvalue weighted by Gasteiger charge is 2.18. The smallest absolute Gasteiger partial charge is 0.293 e. The molecule has 30 heavy (non-hydrogen) atoms. The van der Waals surface area contributed by atoms with E-state index in [0.717, 1.165) is 0 Å². The van der Waals surface area contributed by atoms with E-state index in [1.165, 1.54) is 31.3 Å². The van der Waals surface area contributed by atoms with E-state index in [0.29, 0.717) is 34.4 Å². The Morgan fingerprint density at radius 3 is 2.60 bits per heavy atom. The number of oxazole rings is 1. The van der Waals surface area contributed by atoms with Crippen LogP contribution in [0.1, 0.15) is 29.1 Å². The molecule has 0 fully saturated rings. The predicted octanol–water partition coefficient (Wildman–Crippen LogP) is 3.35. The zero-order valence-corrected chi connectivity index (χ0v) is 16.4. The second-order valence-corrected chi connectivity index (χ2v) is 6.65. The minimum atomic E-state index is -0.509. The lowest BCUT2D eigenvalue weighted by atomic mass is 10.1. The van der Waals surface area contributed by atoms with Gasteiger partial charge < -0.3 is 15.1 Å². The molecule has 4 rings (SSSR count). The second kappa shape index (κ2) is 7.39. The van der Waals surface area contributed by atoms with Gasteiger partial charge in [0.15, 0.2) is 5.89 Å². The number of carbonyl (C=O) groups excluding carboxylic acids is 2. The Morgan fingerprint density at radius 2 is 1.90 bits per heavy atom. The summed E-state index contributed by atoms with van der Waals surface area (Å²) in [7, 11) is 0. The van der Waals surface area contributed by atoms with E-state index in [9.17, 15) is 14.0 Å². The molecule has 3 heterocycles. The number of benzene rings is 1. The zero-order valence-electron chi connectivity index (χ0n) is 16.4. The zero-order chi connectivity index (χ0) is 21.4. The van der Waals surface area contributed by atoms with Crippen LogP contribution in [0.2, 0.25) is 0 Å². The Morgan fingerprint density at radius 1 is 1.10 bits per heavy atom. The number of aromatic nitrogens is 4. The number of hydrogen-bond donors (Lipinski definition) is 2. The van der Waals surface area contributed by atoms with Crippen LogP contribution in [0, 0.1) is 19.7 Å². The maximum atomic E-state index is 14.5. The van der Waals surface area contributed by atoms with Crippen LogP contribution in [-0.4, -0.2) is 31.2 Å². The first-order valence-corrected chi connectivity index (χ1v) is 8.98. The Balaban J connectivity index is 1.65.